The second kappa shape index (κ2) is 6.45. The fraction of sp³-hybridized carbons (Fsp3) is 0.375. The number of methoxy groups -OCH3 is 2. The molecule has 0 aliphatic carbocycles. The van der Waals surface area contributed by atoms with Gasteiger partial charge in [-0.2, -0.15) is 0 Å². The minimum atomic E-state index is -0.250. The molecule has 1 amide bonds. The zero-order valence-electron chi connectivity index (χ0n) is 13.1. The zero-order valence-corrected chi connectivity index (χ0v) is 14.0. The highest BCUT2D eigenvalue weighted by Gasteiger charge is 2.23. The van der Waals surface area contributed by atoms with E-state index in [4.69, 9.17) is 21.7 Å². The number of benzene rings is 1. The van der Waals surface area contributed by atoms with E-state index < -0.39 is 0 Å². The summed E-state index contributed by atoms with van der Waals surface area (Å²) in [7, 11) is 3.26. The molecule has 2 heterocycles. The van der Waals surface area contributed by atoms with Crippen LogP contribution in [0.5, 0.6) is 11.5 Å². The van der Waals surface area contributed by atoms with Crippen LogP contribution in [0.2, 0.25) is 0 Å². The lowest BCUT2D eigenvalue weighted by Gasteiger charge is -2.22. The number of ether oxygens (including phenoxy) is 2. The van der Waals surface area contributed by atoms with Crippen molar-refractivity contribution >= 4 is 35.0 Å². The minimum absolute atomic E-state index is 0.250. The minimum Gasteiger partial charge on any atom is -0.496 e. The van der Waals surface area contributed by atoms with Crippen molar-refractivity contribution in [2.45, 2.75) is 12.8 Å². The monoisotopic (exact) mass is 333 g/mol. The van der Waals surface area contributed by atoms with Crippen LogP contribution >= 0.6 is 12.2 Å². The van der Waals surface area contributed by atoms with Crippen molar-refractivity contribution in [3.8, 4) is 11.5 Å². The highest BCUT2D eigenvalue weighted by molar-refractivity contribution is 7.80. The Bertz CT molecular complexity index is 681. The maximum absolute atomic E-state index is 11.8. The zero-order chi connectivity index (χ0) is 16.4. The molecular formula is C16H19N3O3S. The first-order chi connectivity index (χ1) is 11.1. The van der Waals surface area contributed by atoms with Crippen molar-refractivity contribution in [2.24, 2.45) is 0 Å². The predicted molar refractivity (Wildman–Crippen MR) is 92.8 cm³/mol. The predicted octanol–water partition coefficient (Wildman–Crippen LogP) is 1.65. The maximum atomic E-state index is 11.8. The van der Waals surface area contributed by atoms with E-state index in [1.165, 1.54) is 12.8 Å². The Morgan fingerprint density at radius 3 is 2.39 bits per heavy atom. The first kappa shape index (κ1) is 15.6. The van der Waals surface area contributed by atoms with Crippen LogP contribution < -0.4 is 25.0 Å². The van der Waals surface area contributed by atoms with Crippen LogP contribution in [0.3, 0.4) is 0 Å². The Morgan fingerprint density at radius 1 is 1.13 bits per heavy atom. The number of thiocarbonyl (C=S) groups is 1. The molecule has 2 aliphatic heterocycles. The molecule has 2 saturated heterocycles. The molecule has 0 radical (unpaired) electrons. The fourth-order valence-electron chi connectivity index (χ4n) is 2.86. The van der Waals surface area contributed by atoms with Gasteiger partial charge < -0.3 is 19.7 Å². The molecule has 3 rings (SSSR count). The van der Waals surface area contributed by atoms with E-state index in [0.29, 0.717) is 16.6 Å². The van der Waals surface area contributed by atoms with Gasteiger partial charge in [0.25, 0.3) is 5.91 Å². The van der Waals surface area contributed by atoms with E-state index in [-0.39, 0.29) is 5.91 Å². The summed E-state index contributed by atoms with van der Waals surface area (Å²) in [6, 6.07) is 3.84. The average Bonchev–Trinajstić information content (AvgIpc) is 3.17. The Kier molecular flexibility index (Phi) is 4.38. The molecule has 2 aliphatic rings. The van der Waals surface area contributed by atoms with Gasteiger partial charge in [-0.25, -0.2) is 0 Å². The molecule has 1 aromatic rings. The Balaban J connectivity index is 2.01. The van der Waals surface area contributed by atoms with Crippen molar-refractivity contribution in [3.05, 3.63) is 23.4 Å². The Hall–Kier alpha value is -2.28. The number of rotatable bonds is 4. The molecule has 2 fully saturated rings. The lowest BCUT2D eigenvalue weighted by atomic mass is 10.1. The standard InChI is InChI=1S/C16H19N3O3S/c1-21-13-9-12(19-5-3-4-6-19)14(22-2)8-10(13)7-11-15(20)18-16(23)17-11/h7-9H,3-6H2,1-2H3,(H2,17,18,20,23)/b11-7-. The van der Waals surface area contributed by atoms with E-state index in [9.17, 15) is 4.79 Å². The van der Waals surface area contributed by atoms with E-state index >= 15 is 0 Å². The van der Waals surface area contributed by atoms with Gasteiger partial charge in [0.05, 0.1) is 19.9 Å². The first-order valence-corrected chi connectivity index (χ1v) is 7.88. The SMILES string of the molecule is COc1cc(N2CCCC2)c(OC)cc1/C=C1\NC(=S)NC1=O. The van der Waals surface area contributed by atoms with Crippen LogP contribution in [0, 0.1) is 0 Å². The molecule has 23 heavy (non-hydrogen) atoms. The van der Waals surface area contributed by atoms with Crippen molar-refractivity contribution in [1.29, 1.82) is 0 Å². The lowest BCUT2D eigenvalue weighted by Crippen LogP contribution is -2.21. The maximum Gasteiger partial charge on any atom is 0.273 e. The second-order valence-corrected chi connectivity index (χ2v) is 5.83. The third kappa shape index (κ3) is 3.10. The van der Waals surface area contributed by atoms with Crippen LogP contribution in [0.4, 0.5) is 5.69 Å². The first-order valence-electron chi connectivity index (χ1n) is 7.47. The molecule has 7 heteroatoms. The molecule has 122 valence electrons. The smallest absolute Gasteiger partial charge is 0.273 e. The van der Waals surface area contributed by atoms with Gasteiger partial charge in [0.15, 0.2) is 5.11 Å². The van der Waals surface area contributed by atoms with Crippen LogP contribution in [0.1, 0.15) is 18.4 Å². The van der Waals surface area contributed by atoms with Gasteiger partial charge in [0.1, 0.15) is 17.2 Å². The molecule has 2 N–H and O–H groups in total. The van der Waals surface area contributed by atoms with Gasteiger partial charge in [-0.05, 0) is 37.2 Å². The number of anilines is 1. The molecule has 0 aromatic heterocycles. The van der Waals surface area contributed by atoms with E-state index in [1.807, 2.05) is 12.1 Å². The number of carbonyl (C=O) groups is 1. The van der Waals surface area contributed by atoms with E-state index in [1.54, 1.807) is 20.3 Å². The van der Waals surface area contributed by atoms with E-state index in [2.05, 4.69) is 15.5 Å². The van der Waals surface area contributed by atoms with Crippen molar-refractivity contribution in [3.63, 3.8) is 0 Å². The number of nitrogens with one attached hydrogen (secondary N) is 2. The summed E-state index contributed by atoms with van der Waals surface area (Å²) < 4.78 is 11.0. The summed E-state index contributed by atoms with van der Waals surface area (Å²) >= 11 is 4.95. The van der Waals surface area contributed by atoms with Crippen molar-refractivity contribution in [1.82, 2.24) is 10.6 Å². The number of hydrogen-bond acceptors (Lipinski definition) is 5. The van der Waals surface area contributed by atoms with Gasteiger partial charge in [0, 0.05) is 24.7 Å². The molecule has 0 bridgehead atoms. The molecule has 0 atom stereocenters. The van der Waals surface area contributed by atoms with E-state index in [0.717, 1.165) is 30.1 Å². The number of nitrogens with zero attached hydrogens (tertiary/aromatic N) is 1. The third-order valence-electron chi connectivity index (χ3n) is 4.00. The Labute approximate surface area is 140 Å². The number of carbonyl (C=O) groups excluding carboxylic acids is 1. The van der Waals surface area contributed by atoms with Gasteiger partial charge in [-0.3, -0.25) is 10.1 Å². The summed E-state index contributed by atoms with van der Waals surface area (Å²) in [4.78, 5) is 14.1. The number of amides is 1. The molecular weight excluding hydrogens is 314 g/mol. The fourth-order valence-corrected chi connectivity index (χ4v) is 3.06. The summed E-state index contributed by atoms with van der Waals surface area (Å²) in [6.45, 7) is 2.02. The van der Waals surface area contributed by atoms with Gasteiger partial charge >= 0.3 is 0 Å². The molecule has 0 spiro atoms. The molecule has 0 unspecified atom stereocenters. The highest BCUT2D eigenvalue weighted by Crippen LogP contribution is 2.37. The topological polar surface area (TPSA) is 62.8 Å². The Morgan fingerprint density at radius 2 is 1.83 bits per heavy atom. The molecule has 6 nitrogen and oxygen atoms in total. The van der Waals surface area contributed by atoms with Crippen molar-refractivity contribution in [2.75, 3.05) is 32.2 Å². The van der Waals surface area contributed by atoms with Gasteiger partial charge in [-0.15, -0.1) is 0 Å². The van der Waals surface area contributed by atoms with Crippen LogP contribution in [-0.4, -0.2) is 38.3 Å². The summed E-state index contributed by atoms with van der Waals surface area (Å²) in [5.74, 6) is 1.20. The summed E-state index contributed by atoms with van der Waals surface area (Å²) in [6.07, 6.45) is 4.07. The largest absolute Gasteiger partial charge is 0.496 e. The molecule has 0 saturated carbocycles. The van der Waals surface area contributed by atoms with Gasteiger partial charge in [0.2, 0.25) is 0 Å². The lowest BCUT2D eigenvalue weighted by molar-refractivity contribution is -0.115. The van der Waals surface area contributed by atoms with Crippen LogP contribution in [0.25, 0.3) is 6.08 Å². The summed E-state index contributed by atoms with van der Waals surface area (Å²) in [5, 5.41) is 5.68. The molecule has 1 aromatic carbocycles. The second-order valence-electron chi connectivity index (χ2n) is 5.43. The average molecular weight is 333 g/mol. The highest BCUT2D eigenvalue weighted by atomic mass is 32.1. The normalized spacial score (nSPS) is 19.0. The third-order valence-corrected chi connectivity index (χ3v) is 4.20. The number of hydrogen-bond donors (Lipinski definition) is 2. The van der Waals surface area contributed by atoms with Crippen molar-refractivity contribution < 1.29 is 14.3 Å². The van der Waals surface area contributed by atoms with Crippen LogP contribution in [0.15, 0.2) is 17.8 Å². The van der Waals surface area contributed by atoms with Crippen LogP contribution in [-0.2, 0) is 4.79 Å². The van der Waals surface area contributed by atoms with Gasteiger partial charge in [-0.1, -0.05) is 0 Å². The summed E-state index contributed by atoms with van der Waals surface area (Å²) in [5.41, 5.74) is 2.17. The quantitative estimate of drug-likeness (QED) is 0.645.